The van der Waals surface area contributed by atoms with Gasteiger partial charge in [0.15, 0.2) is 0 Å². The number of urea groups is 1. The molecule has 3 N–H and O–H groups in total. The summed E-state index contributed by atoms with van der Waals surface area (Å²) in [5, 5.41) is 8.99. The minimum atomic E-state index is -0.153. The zero-order valence-electron chi connectivity index (χ0n) is 10.4. The van der Waals surface area contributed by atoms with E-state index >= 15 is 0 Å². The fourth-order valence-corrected chi connectivity index (χ4v) is 2.20. The molecule has 0 saturated carbocycles. The monoisotopic (exact) mass is 245 g/mol. The molecule has 96 valence electrons. The molecule has 0 fully saturated rings. The van der Waals surface area contributed by atoms with Crippen molar-refractivity contribution in [3.63, 3.8) is 0 Å². The van der Waals surface area contributed by atoms with Gasteiger partial charge in [-0.1, -0.05) is 30.3 Å². The molecule has 0 spiro atoms. The van der Waals surface area contributed by atoms with E-state index in [9.17, 15) is 4.79 Å². The van der Waals surface area contributed by atoms with Gasteiger partial charge >= 0.3 is 6.03 Å². The van der Waals surface area contributed by atoms with Crippen molar-refractivity contribution in [2.24, 2.45) is 0 Å². The third-order valence-electron chi connectivity index (χ3n) is 3.09. The number of carbonyl (C=O) groups is 1. The molecule has 1 heterocycles. The van der Waals surface area contributed by atoms with Crippen LogP contribution in [0.5, 0.6) is 0 Å². The van der Waals surface area contributed by atoms with Crippen LogP contribution in [0.15, 0.2) is 36.9 Å². The molecule has 1 aromatic rings. The third kappa shape index (κ3) is 3.11. The lowest BCUT2D eigenvalue weighted by Gasteiger charge is -2.27. The summed E-state index contributed by atoms with van der Waals surface area (Å²) in [5.74, 6) is 0. The first-order chi connectivity index (χ1) is 8.81. The quantitative estimate of drug-likeness (QED) is 0.702. The number of carbonyl (C=O) groups excluding carboxylic acids is 1. The molecule has 2 rings (SSSR count). The molecule has 1 atom stereocenters. The first-order valence-electron chi connectivity index (χ1n) is 6.25. The van der Waals surface area contributed by atoms with E-state index in [2.05, 4.69) is 40.7 Å². The van der Waals surface area contributed by atoms with Crippen molar-refractivity contribution in [1.29, 1.82) is 0 Å². The molecule has 4 nitrogen and oxygen atoms in total. The highest BCUT2D eigenvalue weighted by Gasteiger charge is 2.19. The van der Waals surface area contributed by atoms with E-state index in [1.807, 2.05) is 6.07 Å². The van der Waals surface area contributed by atoms with Crippen LogP contribution in [-0.2, 0) is 6.42 Å². The van der Waals surface area contributed by atoms with Crippen molar-refractivity contribution in [2.75, 3.05) is 19.6 Å². The lowest BCUT2D eigenvalue weighted by Crippen LogP contribution is -2.42. The summed E-state index contributed by atoms with van der Waals surface area (Å²) < 4.78 is 0. The average molecular weight is 245 g/mol. The Hall–Kier alpha value is -1.81. The number of amides is 2. The molecule has 18 heavy (non-hydrogen) atoms. The molecule has 1 aromatic carbocycles. The molecule has 1 unspecified atom stereocenters. The smallest absolute Gasteiger partial charge is 0.315 e. The van der Waals surface area contributed by atoms with Crippen LogP contribution >= 0.6 is 0 Å². The Bertz CT molecular complexity index is 431. The Morgan fingerprint density at radius 2 is 2.28 bits per heavy atom. The molecule has 0 aromatic heterocycles. The summed E-state index contributed by atoms with van der Waals surface area (Å²) in [6.07, 6.45) is 2.71. The van der Waals surface area contributed by atoms with Crippen LogP contribution in [-0.4, -0.2) is 25.7 Å². The fraction of sp³-hybridized carbons (Fsp3) is 0.357. The van der Waals surface area contributed by atoms with Crippen molar-refractivity contribution in [3.05, 3.63) is 48.0 Å². The molecule has 4 heteroatoms. The maximum atomic E-state index is 11.5. The predicted molar refractivity (Wildman–Crippen MR) is 72.5 cm³/mol. The lowest BCUT2D eigenvalue weighted by atomic mass is 9.94. The van der Waals surface area contributed by atoms with E-state index in [1.54, 1.807) is 6.08 Å². The predicted octanol–water partition coefficient (Wildman–Crippen LogP) is 1.36. The molecule has 0 bridgehead atoms. The standard InChI is InChI=1S/C14H19N3O/c1-2-8-16-14(18)17-10-13-12-6-4-3-5-11(12)7-9-15-13/h2-6,13,15H,1,7-10H2,(H2,16,17,18). The van der Waals surface area contributed by atoms with Crippen LogP contribution in [0.1, 0.15) is 17.2 Å². The van der Waals surface area contributed by atoms with Crippen LogP contribution in [0.3, 0.4) is 0 Å². The topological polar surface area (TPSA) is 53.2 Å². The highest BCUT2D eigenvalue weighted by Crippen LogP contribution is 2.21. The van der Waals surface area contributed by atoms with Gasteiger partial charge in [-0.25, -0.2) is 4.79 Å². The summed E-state index contributed by atoms with van der Waals surface area (Å²) in [6, 6.07) is 8.42. The molecule has 0 aliphatic carbocycles. The number of nitrogens with one attached hydrogen (secondary N) is 3. The Balaban J connectivity index is 1.91. The average Bonchev–Trinajstić information content (AvgIpc) is 2.42. The Morgan fingerprint density at radius 1 is 1.44 bits per heavy atom. The van der Waals surface area contributed by atoms with Crippen molar-refractivity contribution >= 4 is 6.03 Å². The van der Waals surface area contributed by atoms with Crippen molar-refractivity contribution in [3.8, 4) is 0 Å². The minimum absolute atomic E-state index is 0.153. The number of hydrogen-bond donors (Lipinski definition) is 3. The Kier molecular flexibility index (Phi) is 4.36. The van der Waals surface area contributed by atoms with E-state index in [0.29, 0.717) is 13.1 Å². The van der Waals surface area contributed by atoms with Gasteiger partial charge in [0.2, 0.25) is 0 Å². The molecular formula is C14H19N3O. The molecule has 0 radical (unpaired) electrons. The maximum absolute atomic E-state index is 11.5. The van der Waals surface area contributed by atoms with Crippen LogP contribution in [0.2, 0.25) is 0 Å². The summed E-state index contributed by atoms with van der Waals surface area (Å²) in [6.45, 7) is 5.60. The summed E-state index contributed by atoms with van der Waals surface area (Å²) in [5.41, 5.74) is 2.65. The van der Waals surface area contributed by atoms with Crippen LogP contribution < -0.4 is 16.0 Å². The van der Waals surface area contributed by atoms with Gasteiger partial charge in [0.05, 0.1) is 0 Å². The summed E-state index contributed by atoms with van der Waals surface area (Å²) >= 11 is 0. The fourth-order valence-electron chi connectivity index (χ4n) is 2.20. The van der Waals surface area contributed by atoms with Gasteiger partial charge in [-0.2, -0.15) is 0 Å². The first kappa shape index (κ1) is 12.6. The van der Waals surface area contributed by atoms with Gasteiger partial charge in [0.1, 0.15) is 0 Å². The molecular weight excluding hydrogens is 226 g/mol. The molecule has 2 amide bonds. The van der Waals surface area contributed by atoms with Gasteiger partial charge in [0, 0.05) is 19.1 Å². The highest BCUT2D eigenvalue weighted by molar-refractivity contribution is 5.74. The first-order valence-corrected chi connectivity index (χ1v) is 6.25. The van der Waals surface area contributed by atoms with E-state index in [4.69, 9.17) is 0 Å². The highest BCUT2D eigenvalue weighted by atomic mass is 16.2. The van der Waals surface area contributed by atoms with Gasteiger partial charge in [0.25, 0.3) is 0 Å². The SMILES string of the molecule is C=CCNC(=O)NCC1NCCc2ccccc21. The van der Waals surface area contributed by atoms with Crippen molar-refractivity contribution in [2.45, 2.75) is 12.5 Å². The van der Waals surface area contributed by atoms with Gasteiger partial charge in [-0.3, -0.25) is 0 Å². The number of hydrogen-bond acceptors (Lipinski definition) is 2. The second-order valence-corrected chi connectivity index (χ2v) is 4.34. The minimum Gasteiger partial charge on any atom is -0.336 e. The van der Waals surface area contributed by atoms with Crippen LogP contribution in [0.25, 0.3) is 0 Å². The molecule has 1 aliphatic rings. The van der Waals surface area contributed by atoms with E-state index in [1.165, 1.54) is 11.1 Å². The van der Waals surface area contributed by atoms with Gasteiger partial charge < -0.3 is 16.0 Å². The van der Waals surface area contributed by atoms with E-state index in [0.717, 1.165) is 13.0 Å². The zero-order chi connectivity index (χ0) is 12.8. The Labute approximate surface area is 107 Å². The normalized spacial score (nSPS) is 17.7. The van der Waals surface area contributed by atoms with Gasteiger partial charge in [-0.15, -0.1) is 6.58 Å². The van der Waals surface area contributed by atoms with Crippen molar-refractivity contribution in [1.82, 2.24) is 16.0 Å². The summed E-state index contributed by atoms with van der Waals surface area (Å²) in [4.78, 5) is 11.5. The zero-order valence-corrected chi connectivity index (χ0v) is 10.4. The second kappa shape index (κ2) is 6.21. The lowest BCUT2D eigenvalue weighted by molar-refractivity contribution is 0.240. The molecule has 0 saturated heterocycles. The third-order valence-corrected chi connectivity index (χ3v) is 3.09. The Morgan fingerprint density at radius 3 is 3.11 bits per heavy atom. The number of benzene rings is 1. The van der Waals surface area contributed by atoms with E-state index < -0.39 is 0 Å². The summed E-state index contributed by atoms with van der Waals surface area (Å²) in [7, 11) is 0. The largest absolute Gasteiger partial charge is 0.336 e. The maximum Gasteiger partial charge on any atom is 0.315 e. The second-order valence-electron chi connectivity index (χ2n) is 4.34. The number of rotatable bonds is 4. The van der Waals surface area contributed by atoms with Crippen molar-refractivity contribution < 1.29 is 4.79 Å². The number of fused-ring (bicyclic) bond motifs is 1. The van der Waals surface area contributed by atoms with Crippen LogP contribution in [0.4, 0.5) is 4.79 Å². The van der Waals surface area contributed by atoms with E-state index in [-0.39, 0.29) is 12.1 Å². The molecule has 1 aliphatic heterocycles. The van der Waals surface area contributed by atoms with Crippen LogP contribution in [0, 0.1) is 0 Å². The van der Waals surface area contributed by atoms with Gasteiger partial charge in [-0.05, 0) is 24.1 Å².